The smallest absolute Gasteiger partial charge is 0.0175 e. The largest absolute Gasteiger partial charge is 0.331 e. The zero-order chi connectivity index (χ0) is 7.82. The summed E-state index contributed by atoms with van der Waals surface area (Å²) in [5, 5.41) is 0. The summed E-state index contributed by atoms with van der Waals surface area (Å²) in [4.78, 5) is 0. The van der Waals surface area contributed by atoms with Crippen molar-refractivity contribution in [3.63, 3.8) is 0 Å². The highest BCUT2D eigenvalue weighted by Crippen LogP contribution is 2.05. The van der Waals surface area contributed by atoms with Gasteiger partial charge in [0.05, 0.1) is 0 Å². The van der Waals surface area contributed by atoms with Gasteiger partial charge in [-0.15, -0.1) is 12.4 Å². The van der Waals surface area contributed by atoms with Gasteiger partial charge in [-0.3, -0.25) is 0 Å². The average Bonchev–Trinajstić information content (AvgIpc) is 1.91. The molecule has 0 aliphatic carbocycles. The Morgan fingerprint density at radius 3 is 1.82 bits per heavy atom. The molecule has 3 heteroatoms. The van der Waals surface area contributed by atoms with Gasteiger partial charge in [-0.2, -0.15) is 0 Å². The highest BCUT2D eigenvalue weighted by atomic mass is 79.9. The summed E-state index contributed by atoms with van der Waals surface area (Å²) >= 11 is 3.31. The van der Waals surface area contributed by atoms with Gasteiger partial charge in [-0.05, 0) is 18.7 Å². The molecule has 0 aliphatic rings. The molecule has 0 spiro atoms. The Labute approximate surface area is 82.5 Å². The maximum atomic E-state index is 4.85. The zero-order valence-electron chi connectivity index (χ0n) is 6.46. The van der Waals surface area contributed by atoms with E-state index in [1.54, 1.807) is 0 Å². The van der Waals surface area contributed by atoms with Crippen molar-refractivity contribution in [2.75, 3.05) is 6.54 Å². The molecule has 2 N–H and O–H groups in total. The molecule has 0 atom stereocenters. The normalized spacial score (nSPS) is 7.18. The van der Waals surface area contributed by atoms with E-state index in [-0.39, 0.29) is 12.4 Å². The maximum absolute atomic E-state index is 4.85. The van der Waals surface area contributed by atoms with Crippen molar-refractivity contribution in [1.29, 1.82) is 0 Å². The third-order valence-corrected chi connectivity index (χ3v) is 1.26. The van der Waals surface area contributed by atoms with Crippen LogP contribution in [0.5, 0.6) is 0 Å². The Bertz CT molecular complexity index is 155. The summed E-state index contributed by atoms with van der Waals surface area (Å²) in [6.45, 7) is 2.65. The van der Waals surface area contributed by atoms with Crippen LogP contribution in [-0.4, -0.2) is 6.54 Å². The highest BCUT2D eigenvalue weighted by molar-refractivity contribution is 9.10. The molecule has 0 heterocycles. The van der Waals surface area contributed by atoms with Crippen LogP contribution >= 0.6 is 28.3 Å². The first-order valence-corrected chi connectivity index (χ1v) is 4.01. The van der Waals surface area contributed by atoms with Crippen LogP contribution in [0.15, 0.2) is 34.8 Å². The van der Waals surface area contributed by atoms with Gasteiger partial charge in [0.15, 0.2) is 0 Å². The molecule has 0 aliphatic heterocycles. The molecule has 0 amide bonds. The van der Waals surface area contributed by atoms with E-state index in [9.17, 15) is 0 Å². The SMILES string of the molecule is Brc1ccccc1.CCN.Cl. The minimum Gasteiger partial charge on any atom is -0.331 e. The summed E-state index contributed by atoms with van der Waals surface area (Å²) in [5.41, 5.74) is 4.85. The fraction of sp³-hybridized carbons (Fsp3) is 0.250. The quantitative estimate of drug-likeness (QED) is 0.739. The van der Waals surface area contributed by atoms with Gasteiger partial charge >= 0.3 is 0 Å². The van der Waals surface area contributed by atoms with Gasteiger partial charge in [0.1, 0.15) is 0 Å². The van der Waals surface area contributed by atoms with Gasteiger partial charge in [-0.1, -0.05) is 41.1 Å². The van der Waals surface area contributed by atoms with E-state index in [4.69, 9.17) is 5.73 Å². The lowest BCUT2D eigenvalue weighted by atomic mass is 10.4. The van der Waals surface area contributed by atoms with Crippen LogP contribution in [0, 0.1) is 0 Å². The Morgan fingerprint density at radius 2 is 1.64 bits per heavy atom. The molecule has 0 unspecified atom stereocenters. The lowest BCUT2D eigenvalue weighted by Crippen LogP contribution is -1.87. The molecular weight excluding hydrogens is 225 g/mol. The molecule has 1 aromatic rings. The van der Waals surface area contributed by atoms with Crippen molar-refractivity contribution in [2.24, 2.45) is 5.73 Å². The molecule has 0 aromatic heterocycles. The van der Waals surface area contributed by atoms with Gasteiger partial charge in [0, 0.05) is 4.47 Å². The lowest BCUT2D eigenvalue weighted by molar-refractivity contribution is 1.14. The second-order valence-electron chi connectivity index (χ2n) is 1.70. The maximum Gasteiger partial charge on any atom is 0.0175 e. The van der Waals surface area contributed by atoms with Crippen molar-refractivity contribution in [3.05, 3.63) is 34.8 Å². The van der Waals surface area contributed by atoms with E-state index < -0.39 is 0 Å². The number of nitrogens with two attached hydrogens (primary N) is 1. The van der Waals surface area contributed by atoms with E-state index in [1.165, 1.54) is 0 Å². The fourth-order valence-electron chi connectivity index (χ4n) is 0.415. The van der Waals surface area contributed by atoms with Crippen LogP contribution in [0.1, 0.15) is 6.92 Å². The first kappa shape index (κ1) is 13.5. The molecule has 11 heavy (non-hydrogen) atoms. The van der Waals surface area contributed by atoms with Crippen molar-refractivity contribution in [2.45, 2.75) is 6.92 Å². The summed E-state index contributed by atoms with van der Waals surface area (Å²) in [7, 11) is 0. The van der Waals surface area contributed by atoms with Gasteiger partial charge in [0.2, 0.25) is 0 Å². The van der Waals surface area contributed by atoms with Crippen molar-refractivity contribution < 1.29 is 0 Å². The third-order valence-electron chi connectivity index (χ3n) is 0.733. The second-order valence-corrected chi connectivity index (χ2v) is 2.62. The van der Waals surface area contributed by atoms with E-state index >= 15 is 0 Å². The van der Waals surface area contributed by atoms with Crippen LogP contribution in [0.4, 0.5) is 0 Å². The van der Waals surface area contributed by atoms with Crippen LogP contribution in [0.25, 0.3) is 0 Å². The zero-order valence-corrected chi connectivity index (χ0v) is 8.86. The molecule has 0 bridgehead atoms. The summed E-state index contributed by atoms with van der Waals surface area (Å²) in [6, 6.07) is 9.97. The van der Waals surface area contributed by atoms with E-state index in [1.807, 2.05) is 37.3 Å². The number of rotatable bonds is 0. The summed E-state index contributed by atoms with van der Waals surface area (Å²) in [6.07, 6.45) is 0. The fourth-order valence-corrected chi connectivity index (χ4v) is 0.720. The molecular formula is C8H13BrClN. The Morgan fingerprint density at radius 1 is 1.27 bits per heavy atom. The second kappa shape index (κ2) is 9.95. The van der Waals surface area contributed by atoms with E-state index in [2.05, 4.69) is 15.9 Å². The van der Waals surface area contributed by atoms with Crippen LogP contribution < -0.4 is 5.73 Å². The van der Waals surface area contributed by atoms with Crippen LogP contribution in [-0.2, 0) is 0 Å². The summed E-state index contributed by atoms with van der Waals surface area (Å²) < 4.78 is 1.13. The van der Waals surface area contributed by atoms with E-state index in [0.717, 1.165) is 11.0 Å². The van der Waals surface area contributed by atoms with Crippen molar-refractivity contribution in [1.82, 2.24) is 0 Å². The first-order valence-electron chi connectivity index (χ1n) is 3.22. The Balaban J connectivity index is 0. The molecule has 64 valence electrons. The minimum absolute atomic E-state index is 0. The molecule has 1 aromatic carbocycles. The predicted molar refractivity (Wildman–Crippen MR) is 56.1 cm³/mol. The van der Waals surface area contributed by atoms with Crippen LogP contribution in [0.2, 0.25) is 0 Å². The Kier molecular flexibility index (Phi) is 12.2. The summed E-state index contributed by atoms with van der Waals surface area (Å²) in [5.74, 6) is 0. The van der Waals surface area contributed by atoms with Gasteiger partial charge in [-0.25, -0.2) is 0 Å². The lowest BCUT2D eigenvalue weighted by Gasteiger charge is -1.80. The van der Waals surface area contributed by atoms with Gasteiger partial charge < -0.3 is 5.73 Å². The van der Waals surface area contributed by atoms with Crippen molar-refractivity contribution in [3.8, 4) is 0 Å². The average molecular weight is 239 g/mol. The third kappa shape index (κ3) is 9.95. The monoisotopic (exact) mass is 237 g/mol. The van der Waals surface area contributed by atoms with Gasteiger partial charge in [0.25, 0.3) is 0 Å². The number of hydrogen-bond acceptors (Lipinski definition) is 1. The number of benzene rings is 1. The first-order chi connectivity index (χ1) is 4.81. The van der Waals surface area contributed by atoms with E-state index in [0.29, 0.717) is 0 Å². The number of hydrogen-bond donors (Lipinski definition) is 1. The molecule has 0 saturated heterocycles. The number of halogens is 2. The minimum atomic E-state index is 0. The topological polar surface area (TPSA) is 26.0 Å². The molecule has 1 rings (SSSR count). The highest BCUT2D eigenvalue weighted by Gasteiger charge is 1.74. The molecule has 0 saturated carbocycles. The van der Waals surface area contributed by atoms with Crippen LogP contribution in [0.3, 0.4) is 0 Å². The Hall–Kier alpha value is -0.0500. The predicted octanol–water partition coefficient (Wildman–Crippen LogP) is 2.84. The van der Waals surface area contributed by atoms with Crippen molar-refractivity contribution >= 4 is 28.3 Å². The molecule has 1 nitrogen and oxygen atoms in total. The molecule has 0 fully saturated rings. The molecule has 0 radical (unpaired) electrons. The standard InChI is InChI=1S/C6H5Br.C2H7N.ClH/c7-6-4-2-1-3-5-6;1-2-3;/h1-5H;2-3H2,1H3;1H.